The molecule has 1 unspecified atom stereocenters. The minimum Gasteiger partial charge on any atom is -0.357 e. The molecule has 0 bridgehead atoms. The number of nitrogens with one attached hydrogen (secondary N) is 2. The van der Waals surface area contributed by atoms with Gasteiger partial charge in [0.25, 0.3) is 0 Å². The van der Waals surface area contributed by atoms with Crippen molar-refractivity contribution in [3.05, 3.63) is 21.9 Å². The topological polar surface area (TPSA) is 60.0 Å². The summed E-state index contributed by atoms with van der Waals surface area (Å²) in [5, 5.41) is 9.16. The molecule has 0 spiro atoms. The minimum absolute atomic E-state index is 0.179. The van der Waals surface area contributed by atoms with Gasteiger partial charge in [-0.1, -0.05) is 0 Å². The number of piperidine rings is 1. The maximum atomic E-state index is 11.5. The van der Waals surface area contributed by atoms with Crippen LogP contribution in [0, 0.1) is 0 Å². The van der Waals surface area contributed by atoms with Gasteiger partial charge in [-0.25, -0.2) is 0 Å². The summed E-state index contributed by atoms with van der Waals surface area (Å²) in [5.74, 6) is 1.08. The Balaban J connectivity index is 1.50. The van der Waals surface area contributed by atoms with Crippen LogP contribution in [0.15, 0.2) is 16.4 Å². The Labute approximate surface area is 167 Å². The molecule has 1 atom stereocenters. The Kier molecular flexibility index (Phi) is 7.13. The minimum atomic E-state index is 0.179. The van der Waals surface area contributed by atoms with E-state index in [0.29, 0.717) is 12.1 Å². The number of thiophene rings is 1. The summed E-state index contributed by atoms with van der Waals surface area (Å²) in [6, 6.07) is 3.08. The molecule has 1 aromatic heterocycles. The van der Waals surface area contributed by atoms with Crippen molar-refractivity contribution < 1.29 is 4.79 Å². The summed E-state index contributed by atoms with van der Waals surface area (Å²) in [7, 11) is 0. The highest BCUT2D eigenvalue weighted by molar-refractivity contribution is 7.10. The molecule has 1 fully saturated rings. The highest BCUT2D eigenvalue weighted by atomic mass is 32.1. The van der Waals surface area contributed by atoms with Gasteiger partial charge in [0.1, 0.15) is 0 Å². The Bertz CT molecular complexity index is 651. The van der Waals surface area contributed by atoms with E-state index >= 15 is 0 Å². The molecule has 2 aliphatic heterocycles. The van der Waals surface area contributed by atoms with Crippen molar-refractivity contribution in [2.24, 2.45) is 4.99 Å². The van der Waals surface area contributed by atoms with Crippen LogP contribution in [0.5, 0.6) is 0 Å². The van der Waals surface area contributed by atoms with Crippen molar-refractivity contribution >= 4 is 23.2 Å². The van der Waals surface area contributed by atoms with Crippen molar-refractivity contribution in [3.63, 3.8) is 0 Å². The normalized spacial score (nSPS) is 20.3. The first-order valence-electron chi connectivity index (χ1n) is 10.2. The van der Waals surface area contributed by atoms with Crippen molar-refractivity contribution in [1.29, 1.82) is 0 Å². The van der Waals surface area contributed by atoms with Gasteiger partial charge >= 0.3 is 0 Å². The zero-order valence-electron chi connectivity index (χ0n) is 16.8. The Morgan fingerprint density at radius 2 is 2.15 bits per heavy atom. The van der Waals surface area contributed by atoms with Gasteiger partial charge in [0.2, 0.25) is 5.91 Å². The van der Waals surface area contributed by atoms with Crippen molar-refractivity contribution in [2.45, 2.75) is 58.7 Å². The highest BCUT2D eigenvalue weighted by Crippen LogP contribution is 2.25. The number of amides is 1. The van der Waals surface area contributed by atoms with Gasteiger partial charge in [-0.05, 0) is 50.1 Å². The lowest BCUT2D eigenvalue weighted by Gasteiger charge is -2.33. The maximum absolute atomic E-state index is 11.5. The third-order valence-corrected chi connectivity index (χ3v) is 6.62. The summed E-state index contributed by atoms with van der Waals surface area (Å²) in [4.78, 5) is 22.4. The molecule has 3 rings (SSSR count). The number of nitrogens with zero attached hydrogens (tertiary/aromatic N) is 3. The van der Waals surface area contributed by atoms with E-state index in [1.807, 2.05) is 16.2 Å². The van der Waals surface area contributed by atoms with Crippen LogP contribution >= 0.6 is 11.3 Å². The number of likely N-dealkylation sites (tertiary alicyclic amines) is 1. The molecule has 0 aromatic carbocycles. The van der Waals surface area contributed by atoms with E-state index in [2.05, 4.69) is 40.8 Å². The van der Waals surface area contributed by atoms with Crippen LogP contribution in [-0.2, 0) is 17.8 Å². The Morgan fingerprint density at radius 3 is 2.85 bits per heavy atom. The van der Waals surface area contributed by atoms with Crippen LogP contribution in [0.4, 0.5) is 0 Å². The quantitative estimate of drug-likeness (QED) is 0.596. The molecule has 3 heterocycles. The largest absolute Gasteiger partial charge is 0.357 e. The number of hydrogen-bond donors (Lipinski definition) is 2. The van der Waals surface area contributed by atoms with Gasteiger partial charge in [0.15, 0.2) is 5.96 Å². The number of carbonyl (C=O) groups excluding carboxylic acids is 1. The summed E-state index contributed by atoms with van der Waals surface area (Å²) in [6.45, 7) is 11.5. The van der Waals surface area contributed by atoms with Gasteiger partial charge in [-0.15, -0.1) is 11.3 Å². The molecular formula is C20H33N5OS. The molecule has 1 saturated heterocycles. The fourth-order valence-electron chi connectivity index (χ4n) is 3.84. The molecule has 150 valence electrons. The molecule has 1 aromatic rings. The third-order valence-electron chi connectivity index (χ3n) is 5.60. The number of rotatable bonds is 5. The molecule has 6 nitrogen and oxygen atoms in total. The molecule has 2 aliphatic rings. The summed E-state index contributed by atoms with van der Waals surface area (Å²) in [6.07, 6.45) is 3.12. The lowest BCUT2D eigenvalue weighted by atomic mass is 10.1. The number of fused-ring (bicyclic) bond motifs is 1. The molecule has 2 N–H and O–H groups in total. The lowest BCUT2D eigenvalue weighted by molar-refractivity contribution is -0.129. The van der Waals surface area contributed by atoms with Crippen molar-refractivity contribution in [3.8, 4) is 0 Å². The van der Waals surface area contributed by atoms with Crippen LogP contribution in [0.1, 0.15) is 44.1 Å². The van der Waals surface area contributed by atoms with E-state index in [-0.39, 0.29) is 5.91 Å². The highest BCUT2D eigenvalue weighted by Gasteiger charge is 2.23. The zero-order chi connectivity index (χ0) is 19.2. The van der Waals surface area contributed by atoms with Gasteiger partial charge in [-0.3, -0.25) is 14.7 Å². The Hall–Kier alpha value is -1.60. The SMILES string of the molecule is CCNC(=NCC(C)N1CCc2sccc2C1)NC1CCN(C(C)=O)CC1. The molecular weight excluding hydrogens is 358 g/mol. The summed E-state index contributed by atoms with van der Waals surface area (Å²) >= 11 is 1.89. The fraction of sp³-hybridized carbons (Fsp3) is 0.700. The number of hydrogen-bond acceptors (Lipinski definition) is 4. The lowest BCUT2D eigenvalue weighted by Crippen LogP contribution is -2.49. The van der Waals surface area contributed by atoms with Crippen molar-refractivity contribution in [1.82, 2.24) is 20.4 Å². The van der Waals surface area contributed by atoms with Crippen molar-refractivity contribution in [2.75, 3.05) is 32.7 Å². The number of carbonyl (C=O) groups is 1. The second kappa shape index (κ2) is 9.55. The van der Waals surface area contributed by atoms with E-state index in [4.69, 9.17) is 4.99 Å². The second-order valence-electron chi connectivity index (χ2n) is 7.58. The second-order valence-corrected chi connectivity index (χ2v) is 8.58. The Morgan fingerprint density at radius 1 is 1.37 bits per heavy atom. The summed E-state index contributed by atoms with van der Waals surface area (Å²) in [5.41, 5.74) is 1.49. The molecule has 0 aliphatic carbocycles. The standard InChI is InChI=1S/C20H33N5OS/c1-4-21-20(23-18-5-9-24(10-6-18)16(3)26)22-13-15(2)25-11-7-19-17(14-25)8-12-27-19/h8,12,15,18H,4-7,9-11,13-14H2,1-3H3,(H2,21,22,23). The van der Waals surface area contributed by atoms with Gasteiger partial charge < -0.3 is 15.5 Å². The van der Waals surface area contributed by atoms with Gasteiger partial charge in [-0.2, -0.15) is 0 Å². The maximum Gasteiger partial charge on any atom is 0.219 e. The number of guanidine groups is 1. The average molecular weight is 392 g/mol. The van der Waals surface area contributed by atoms with Gasteiger partial charge in [0.05, 0.1) is 6.54 Å². The third kappa shape index (κ3) is 5.45. The predicted molar refractivity (Wildman–Crippen MR) is 112 cm³/mol. The van der Waals surface area contributed by atoms with E-state index in [1.54, 1.807) is 11.8 Å². The summed E-state index contributed by atoms with van der Waals surface area (Å²) < 4.78 is 0. The van der Waals surface area contributed by atoms with E-state index in [0.717, 1.165) is 64.5 Å². The first-order valence-corrected chi connectivity index (χ1v) is 11.0. The molecule has 7 heteroatoms. The van der Waals surface area contributed by atoms with Crippen LogP contribution in [-0.4, -0.2) is 66.5 Å². The molecule has 0 radical (unpaired) electrons. The van der Waals surface area contributed by atoms with E-state index in [9.17, 15) is 4.79 Å². The van der Waals surface area contributed by atoms with Crippen LogP contribution in [0.3, 0.4) is 0 Å². The average Bonchev–Trinajstić information content (AvgIpc) is 3.14. The monoisotopic (exact) mass is 391 g/mol. The predicted octanol–water partition coefficient (Wildman–Crippen LogP) is 2.06. The fourth-order valence-corrected chi connectivity index (χ4v) is 4.73. The number of aliphatic imine (C=N–C) groups is 1. The molecule has 27 heavy (non-hydrogen) atoms. The van der Waals surface area contributed by atoms with E-state index < -0.39 is 0 Å². The van der Waals surface area contributed by atoms with E-state index in [1.165, 1.54) is 5.56 Å². The smallest absolute Gasteiger partial charge is 0.219 e. The molecule has 1 amide bonds. The van der Waals surface area contributed by atoms with Crippen LogP contribution < -0.4 is 10.6 Å². The van der Waals surface area contributed by atoms with Gasteiger partial charge in [0, 0.05) is 56.6 Å². The zero-order valence-corrected chi connectivity index (χ0v) is 17.6. The molecule has 0 saturated carbocycles. The van der Waals surface area contributed by atoms with Crippen LogP contribution in [0.25, 0.3) is 0 Å². The van der Waals surface area contributed by atoms with Crippen LogP contribution in [0.2, 0.25) is 0 Å². The first kappa shape index (κ1) is 20.1. The first-order chi connectivity index (χ1) is 13.1.